The van der Waals surface area contributed by atoms with Crippen molar-refractivity contribution in [2.45, 2.75) is 44.0 Å². The minimum atomic E-state index is -1.04. The Balaban J connectivity index is 1.49. The summed E-state index contributed by atoms with van der Waals surface area (Å²) in [6, 6.07) is 24.5. The minimum absolute atomic E-state index is 0.0653. The van der Waals surface area contributed by atoms with E-state index in [2.05, 4.69) is 24.3 Å². The third-order valence-electron chi connectivity index (χ3n) is 8.49. The van der Waals surface area contributed by atoms with E-state index in [0.29, 0.717) is 23.7 Å². The topological polar surface area (TPSA) is 55.4 Å². The summed E-state index contributed by atoms with van der Waals surface area (Å²) in [5.41, 5.74) is 6.09. The van der Waals surface area contributed by atoms with Crippen molar-refractivity contribution in [1.29, 1.82) is 0 Å². The molecule has 2 bridgehead atoms. The second-order valence-electron chi connectivity index (χ2n) is 10.6. The van der Waals surface area contributed by atoms with E-state index in [0.717, 1.165) is 63.5 Å². The summed E-state index contributed by atoms with van der Waals surface area (Å²) in [4.78, 5) is 0. The third-order valence-corrected chi connectivity index (χ3v) is 8.49. The number of methoxy groups -OCH3 is 3. The lowest BCUT2D eigenvalue weighted by atomic mass is 9.76. The molecular formula is C34H32O6. The number of fused-ring (bicyclic) bond motifs is 8. The van der Waals surface area contributed by atoms with E-state index >= 15 is 0 Å². The molecule has 0 saturated heterocycles. The van der Waals surface area contributed by atoms with Crippen LogP contribution in [0.5, 0.6) is 34.5 Å². The van der Waals surface area contributed by atoms with Crippen LogP contribution in [-0.2, 0) is 12.2 Å². The Labute approximate surface area is 234 Å². The highest BCUT2D eigenvalue weighted by molar-refractivity contribution is 5.68. The fourth-order valence-corrected chi connectivity index (χ4v) is 6.64. The van der Waals surface area contributed by atoms with E-state index in [9.17, 15) is 0 Å². The van der Waals surface area contributed by atoms with E-state index < -0.39 is 5.79 Å². The molecule has 3 atom stereocenters. The molecule has 6 nitrogen and oxygen atoms in total. The van der Waals surface area contributed by atoms with Gasteiger partial charge in [-0.05, 0) is 25.3 Å². The molecule has 204 valence electrons. The van der Waals surface area contributed by atoms with Gasteiger partial charge in [-0.3, -0.25) is 0 Å². The van der Waals surface area contributed by atoms with Gasteiger partial charge < -0.3 is 28.4 Å². The van der Waals surface area contributed by atoms with Gasteiger partial charge in [0, 0.05) is 52.3 Å². The maximum atomic E-state index is 6.90. The van der Waals surface area contributed by atoms with Gasteiger partial charge in [-0.15, -0.1) is 0 Å². The van der Waals surface area contributed by atoms with Crippen molar-refractivity contribution in [3.8, 4) is 34.5 Å². The SMILES string of the molecule is COc1cc2c(c(OC)c1C)[C@@H]1C[C@](c3ccccc3)(O2)Oc2cc(OC)c3c(c21)O[C@H](c1ccccc1)CC3. The van der Waals surface area contributed by atoms with Crippen LogP contribution in [0.25, 0.3) is 0 Å². The molecule has 6 heteroatoms. The Kier molecular flexibility index (Phi) is 5.81. The van der Waals surface area contributed by atoms with Gasteiger partial charge in [0.1, 0.15) is 40.6 Å². The number of ether oxygens (including phenoxy) is 6. The molecule has 0 aliphatic carbocycles. The van der Waals surface area contributed by atoms with Crippen LogP contribution in [0.2, 0.25) is 0 Å². The lowest BCUT2D eigenvalue weighted by Gasteiger charge is -2.48. The molecule has 4 aromatic rings. The van der Waals surface area contributed by atoms with Gasteiger partial charge in [-0.25, -0.2) is 0 Å². The molecule has 0 aromatic heterocycles. The van der Waals surface area contributed by atoms with E-state index in [1.165, 1.54) is 0 Å². The Morgan fingerprint density at radius 3 is 2.10 bits per heavy atom. The fourth-order valence-electron chi connectivity index (χ4n) is 6.64. The van der Waals surface area contributed by atoms with Crippen LogP contribution in [0.15, 0.2) is 72.8 Å². The quantitative estimate of drug-likeness (QED) is 0.268. The van der Waals surface area contributed by atoms with Crippen LogP contribution in [0, 0.1) is 6.92 Å². The van der Waals surface area contributed by atoms with Gasteiger partial charge in [-0.2, -0.15) is 0 Å². The maximum Gasteiger partial charge on any atom is 0.278 e. The molecule has 0 N–H and O–H groups in total. The van der Waals surface area contributed by atoms with Gasteiger partial charge in [0.05, 0.1) is 21.3 Å². The lowest BCUT2D eigenvalue weighted by Crippen LogP contribution is -2.47. The molecule has 4 aromatic carbocycles. The van der Waals surface area contributed by atoms with Crippen LogP contribution in [0.1, 0.15) is 58.2 Å². The summed E-state index contributed by atoms with van der Waals surface area (Å²) in [5.74, 6) is 3.30. The second-order valence-corrected chi connectivity index (χ2v) is 10.6. The summed E-state index contributed by atoms with van der Waals surface area (Å²) >= 11 is 0. The van der Waals surface area contributed by atoms with Gasteiger partial charge in [0.25, 0.3) is 5.79 Å². The zero-order valence-corrected chi connectivity index (χ0v) is 23.2. The first-order valence-corrected chi connectivity index (χ1v) is 13.7. The van der Waals surface area contributed by atoms with Crippen LogP contribution in [0.3, 0.4) is 0 Å². The Hall–Kier alpha value is -4.32. The van der Waals surface area contributed by atoms with Gasteiger partial charge in [0.2, 0.25) is 0 Å². The summed E-state index contributed by atoms with van der Waals surface area (Å²) in [5, 5.41) is 0. The van der Waals surface area contributed by atoms with Crippen molar-refractivity contribution in [2.75, 3.05) is 21.3 Å². The maximum absolute atomic E-state index is 6.90. The highest BCUT2D eigenvalue weighted by Gasteiger charge is 2.53. The molecule has 0 amide bonds. The minimum Gasteiger partial charge on any atom is -0.496 e. The highest BCUT2D eigenvalue weighted by Crippen LogP contribution is 2.62. The van der Waals surface area contributed by atoms with Crippen molar-refractivity contribution in [2.24, 2.45) is 0 Å². The van der Waals surface area contributed by atoms with E-state index in [1.54, 1.807) is 21.3 Å². The van der Waals surface area contributed by atoms with E-state index in [4.69, 9.17) is 28.4 Å². The molecule has 3 aliphatic rings. The monoisotopic (exact) mass is 536 g/mol. The molecular weight excluding hydrogens is 504 g/mol. The lowest BCUT2D eigenvalue weighted by molar-refractivity contribution is -0.149. The van der Waals surface area contributed by atoms with E-state index in [1.807, 2.05) is 55.5 Å². The van der Waals surface area contributed by atoms with Crippen LogP contribution < -0.4 is 28.4 Å². The van der Waals surface area contributed by atoms with E-state index in [-0.39, 0.29) is 12.0 Å². The van der Waals surface area contributed by atoms with Crippen molar-refractivity contribution in [3.05, 3.63) is 106 Å². The zero-order chi connectivity index (χ0) is 27.4. The number of rotatable bonds is 5. The first kappa shape index (κ1) is 24.7. The van der Waals surface area contributed by atoms with Crippen molar-refractivity contribution in [1.82, 2.24) is 0 Å². The van der Waals surface area contributed by atoms with Crippen LogP contribution in [-0.4, -0.2) is 21.3 Å². The molecule has 3 heterocycles. The number of benzene rings is 4. The van der Waals surface area contributed by atoms with Crippen LogP contribution >= 0.6 is 0 Å². The molecule has 0 saturated carbocycles. The molecule has 0 unspecified atom stereocenters. The molecule has 3 aliphatic heterocycles. The predicted molar refractivity (Wildman–Crippen MR) is 151 cm³/mol. The van der Waals surface area contributed by atoms with Crippen molar-refractivity contribution < 1.29 is 28.4 Å². The number of hydrogen-bond acceptors (Lipinski definition) is 6. The van der Waals surface area contributed by atoms with Crippen molar-refractivity contribution in [3.63, 3.8) is 0 Å². The molecule has 40 heavy (non-hydrogen) atoms. The second kappa shape index (κ2) is 9.40. The first-order valence-electron chi connectivity index (χ1n) is 13.7. The Morgan fingerprint density at radius 1 is 0.775 bits per heavy atom. The molecule has 7 rings (SSSR count). The Morgan fingerprint density at radius 2 is 1.43 bits per heavy atom. The summed E-state index contributed by atoms with van der Waals surface area (Å²) < 4.78 is 38.3. The summed E-state index contributed by atoms with van der Waals surface area (Å²) in [6.45, 7) is 2.02. The van der Waals surface area contributed by atoms with Gasteiger partial charge in [0.15, 0.2) is 0 Å². The zero-order valence-electron chi connectivity index (χ0n) is 23.2. The standard InChI is InChI=1S/C34H32O6/c1-20-26(35-2)17-28-30(32(20)37-4)24-19-34(39-28,22-13-9-6-10-14-22)40-29-18-27(36-3)23-15-16-25(38-33(23)31(24)29)21-11-7-5-8-12-21/h5-14,17-18,24-25H,15-16,19H2,1-4H3/t24-,25-,34-/m0/s1. The molecule has 0 fully saturated rings. The normalized spacial score (nSPS) is 21.9. The summed E-state index contributed by atoms with van der Waals surface area (Å²) in [7, 11) is 5.07. The molecule has 0 spiro atoms. The smallest absolute Gasteiger partial charge is 0.278 e. The van der Waals surface area contributed by atoms with Gasteiger partial charge >= 0.3 is 0 Å². The third kappa shape index (κ3) is 3.62. The van der Waals surface area contributed by atoms with Crippen LogP contribution in [0.4, 0.5) is 0 Å². The highest BCUT2D eigenvalue weighted by atomic mass is 16.7. The summed E-state index contributed by atoms with van der Waals surface area (Å²) in [6.07, 6.45) is 2.20. The van der Waals surface area contributed by atoms with Gasteiger partial charge in [-0.1, -0.05) is 60.7 Å². The average molecular weight is 537 g/mol. The van der Waals surface area contributed by atoms with Crippen molar-refractivity contribution >= 4 is 0 Å². The fraction of sp³-hybridized carbons (Fsp3) is 0.294. The number of hydrogen-bond donors (Lipinski definition) is 0. The largest absolute Gasteiger partial charge is 0.496 e. The first-order chi connectivity index (χ1) is 19.6. The predicted octanol–water partition coefficient (Wildman–Crippen LogP) is 7.25. The molecule has 0 radical (unpaired) electrons. The average Bonchev–Trinajstić information content (AvgIpc) is 3.01. The Bertz CT molecular complexity index is 1580.